The van der Waals surface area contributed by atoms with Gasteiger partial charge in [-0.1, -0.05) is 36.8 Å². The number of aliphatic hydroxyl groups excluding tert-OH is 1. The fraction of sp³-hybridized carbons (Fsp3) is 0.632. The Morgan fingerprint density at radius 2 is 2.04 bits per heavy atom. The Morgan fingerprint density at radius 3 is 2.71 bits per heavy atom. The van der Waals surface area contributed by atoms with Crippen LogP contribution in [0.1, 0.15) is 44.1 Å². The number of nitrogens with one attached hydrogen (secondary N) is 1. The van der Waals surface area contributed by atoms with E-state index in [0.29, 0.717) is 11.8 Å². The molecule has 1 saturated carbocycles. The van der Waals surface area contributed by atoms with E-state index in [9.17, 15) is 5.11 Å². The van der Waals surface area contributed by atoms with E-state index < -0.39 is 0 Å². The van der Waals surface area contributed by atoms with E-state index in [0.717, 1.165) is 51.4 Å². The number of hydrogen-bond donors (Lipinski definition) is 2. The summed E-state index contributed by atoms with van der Waals surface area (Å²) in [6.07, 6.45) is 4.21. The lowest BCUT2D eigenvalue weighted by Crippen LogP contribution is -2.40. The molecule has 2 fully saturated rings. The third-order valence-electron chi connectivity index (χ3n) is 5.19. The Balaban J connectivity index is 0.00000208. The molecule has 3 atom stereocenters. The number of likely N-dealkylation sites (tertiary alicyclic amines) is 1. The molecule has 1 aromatic carbocycles. The van der Waals surface area contributed by atoms with Crippen molar-refractivity contribution < 1.29 is 5.11 Å². The monoisotopic (exact) mass is 443 g/mol. The first-order valence-corrected chi connectivity index (χ1v) is 9.04. The highest BCUT2D eigenvalue weighted by Crippen LogP contribution is 2.28. The maximum absolute atomic E-state index is 9.98. The molecule has 1 saturated heterocycles. The normalized spacial score (nSPS) is 27.2. The Kier molecular flexibility index (Phi) is 7.81. The average Bonchev–Trinajstić information content (AvgIpc) is 3.22. The molecule has 1 aliphatic carbocycles. The molecule has 1 heterocycles. The predicted molar refractivity (Wildman–Crippen MR) is 110 cm³/mol. The summed E-state index contributed by atoms with van der Waals surface area (Å²) in [5.74, 6) is 1.96. The lowest BCUT2D eigenvalue weighted by molar-refractivity contribution is 0.136. The Hall–Kier alpha value is -0.820. The molecule has 2 N–H and O–H groups in total. The topological polar surface area (TPSA) is 47.9 Å². The summed E-state index contributed by atoms with van der Waals surface area (Å²) >= 11 is 0. The predicted octanol–water partition coefficient (Wildman–Crippen LogP) is 3.22. The van der Waals surface area contributed by atoms with Gasteiger partial charge in [0, 0.05) is 38.0 Å². The second-order valence-electron chi connectivity index (χ2n) is 6.80. The molecule has 24 heavy (non-hydrogen) atoms. The highest BCUT2D eigenvalue weighted by atomic mass is 127. The molecule has 1 aromatic rings. The van der Waals surface area contributed by atoms with Gasteiger partial charge in [-0.05, 0) is 31.7 Å². The Morgan fingerprint density at radius 1 is 1.25 bits per heavy atom. The van der Waals surface area contributed by atoms with Gasteiger partial charge in [0.2, 0.25) is 0 Å². The van der Waals surface area contributed by atoms with Gasteiger partial charge in [0.15, 0.2) is 5.96 Å². The van der Waals surface area contributed by atoms with Crippen molar-refractivity contribution >= 4 is 29.9 Å². The van der Waals surface area contributed by atoms with Crippen molar-refractivity contribution in [2.75, 3.05) is 26.2 Å². The maximum Gasteiger partial charge on any atom is 0.193 e. The van der Waals surface area contributed by atoms with Gasteiger partial charge in [0.25, 0.3) is 0 Å². The second kappa shape index (κ2) is 9.61. The first kappa shape index (κ1) is 19.5. The van der Waals surface area contributed by atoms with Crippen molar-refractivity contribution in [2.24, 2.45) is 10.9 Å². The summed E-state index contributed by atoms with van der Waals surface area (Å²) in [5, 5.41) is 13.4. The zero-order chi connectivity index (χ0) is 16.1. The molecule has 134 valence electrons. The van der Waals surface area contributed by atoms with Crippen molar-refractivity contribution in [3.63, 3.8) is 0 Å². The van der Waals surface area contributed by atoms with Crippen LogP contribution >= 0.6 is 24.0 Å². The van der Waals surface area contributed by atoms with Crippen LogP contribution in [0.5, 0.6) is 0 Å². The number of halogens is 1. The molecule has 4 nitrogen and oxygen atoms in total. The van der Waals surface area contributed by atoms with Gasteiger partial charge in [-0.25, -0.2) is 0 Å². The number of aliphatic imine (C=N–C) groups is 1. The van der Waals surface area contributed by atoms with E-state index in [4.69, 9.17) is 4.99 Å². The third kappa shape index (κ3) is 4.85. The minimum absolute atomic E-state index is 0. The molecule has 3 unspecified atom stereocenters. The van der Waals surface area contributed by atoms with Crippen LogP contribution in [0.15, 0.2) is 35.3 Å². The first-order chi connectivity index (χ1) is 11.3. The third-order valence-corrected chi connectivity index (χ3v) is 5.19. The number of aliphatic hydroxyl groups is 1. The molecule has 2 aliphatic rings. The van der Waals surface area contributed by atoms with Crippen molar-refractivity contribution in [1.82, 2.24) is 10.2 Å². The van der Waals surface area contributed by atoms with Gasteiger partial charge in [-0.2, -0.15) is 0 Å². The molecule has 0 radical (unpaired) electrons. The van der Waals surface area contributed by atoms with Crippen molar-refractivity contribution in [3.05, 3.63) is 35.9 Å². The van der Waals surface area contributed by atoms with Crippen LogP contribution in [0.25, 0.3) is 0 Å². The average molecular weight is 443 g/mol. The standard InChI is InChI=1S/C19H29N3O.HI/c1-2-20-19(21-13-16-9-6-10-18(16)23)22-12-11-17(14-22)15-7-4-3-5-8-15;/h3-5,7-8,16-18,23H,2,6,9-14H2,1H3,(H,20,21);1H. The van der Waals surface area contributed by atoms with E-state index in [2.05, 4.69) is 47.5 Å². The highest BCUT2D eigenvalue weighted by Gasteiger charge is 2.28. The maximum atomic E-state index is 9.98. The second-order valence-corrected chi connectivity index (χ2v) is 6.80. The Bertz CT molecular complexity index is 523. The van der Waals surface area contributed by atoms with Crippen molar-refractivity contribution in [1.29, 1.82) is 0 Å². The van der Waals surface area contributed by atoms with E-state index >= 15 is 0 Å². The zero-order valence-corrected chi connectivity index (χ0v) is 16.9. The van der Waals surface area contributed by atoms with Crippen LogP contribution in [-0.4, -0.2) is 48.2 Å². The van der Waals surface area contributed by atoms with Crippen LogP contribution in [0.2, 0.25) is 0 Å². The number of benzene rings is 1. The molecule has 1 aliphatic heterocycles. The summed E-state index contributed by atoms with van der Waals surface area (Å²) in [4.78, 5) is 7.20. The lowest BCUT2D eigenvalue weighted by Gasteiger charge is -2.23. The fourth-order valence-electron chi connectivity index (χ4n) is 3.81. The molecule has 0 spiro atoms. The van der Waals surface area contributed by atoms with E-state index in [1.807, 2.05) is 0 Å². The number of rotatable bonds is 4. The molecule has 0 aromatic heterocycles. The number of hydrogen-bond acceptors (Lipinski definition) is 2. The summed E-state index contributed by atoms with van der Waals surface area (Å²) in [6.45, 7) is 5.83. The van der Waals surface area contributed by atoms with Crippen molar-refractivity contribution in [3.8, 4) is 0 Å². The number of nitrogens with zero attached hydrogens (tertiary/aromatic N) is 2. The lowest BCUT2D eigenvalue weighted by atomic mass is 9.99. The van der Waals surface area contributed by atoms with Gasteiger partial charge in [-0.15, -0.1) is 24.0 Å². The van der Waals surface area contributed by atoms with Gasteiger partial charge >= 0.3 is 0 Å². The molecule has 5 heteroatoms. The molecular formula is C19H30IN3O. The molecular weight excluding hydrogens is 413 g/mol. The zero-order valence-electron chi connectivity index (χ0n) is 14.5. The van der Waals surface area contributed by atoms with E-state index in [1.165, 1.54) is 12.0 Å². The molecule has 3 rings (SSSR count). The molecule has 0 amide bonds. The summed E-state index contributed by atoms with van der Waals surface area (Å²) in [6, 6.07) is 10.8. The van der Waals surface area contributed by atoms with Crippen LogP contribution in [0, 0.1) is 5.92 Å². The molecule has 0 bridgehead atoms. The van der Waals surface area contributed by atoms with Gasteiger partial charge < -0.3 is 15.3 Å². The van der Waals surface area contributed by atoms with Crippen LogP contribution in [0.3, 0.4) is 0 Å². The summed E-state index contributed by atoms with van der Waals surface area (Å²) < 4.78 is 0. The smallest absolute Gasteiger partial charge is 0.193 e. The summed E-state index contributed by atoms with van der Waals surface area (Å²) in [5.41, 5.74) is 1.43. The van der Waals surface area contributed by atoms with Gasteiger partial charge in [0.1, 0.15) is 0 Å². The van der Waals surface area contributed by atoms with Crippen molar-refractivity contribution in [2.45, 2.75) is 44.6 Å². The van der Waals surface area contributed by atoms with Gasteiger partial charge in [-0.3, -0.25) is 4.99 Å². The summed E-state index contributed by atoms with van der Waals surface area (Å²) in [7, 11) is 0. The van der Waals surface area contributed by atoms with Crippen LogP contribution < -0.4 is 5.32 Å². The van der Waals surface area contributed by atoms with Crippen LogP contribution in [0.4, 0.5) is 0 Å². The largest absolute Gasteiger partial charge is 0.393 e. The minimum Gasteiger partial charge on any atom is -0.393 e. The van der Waals surface area contributed by atoms with E-state index in [1.54, 1.807) is 0 Å². The minimum atomic E-state index is -0.155. The SMILES string of the molecule is CCNC(=NCC1CCCC1O)N1CCC(c2ccccc2)C1.I. The van der Waals surface area contributed by atoms with E-state index in [-0.39, 0.29) is 30.1 Å². The highest BCUT2D eigenvalue weighted by molar-refractivity contribution is 14.0. The van der Waals surface area contributed by atoms with Crippen LogP contribution in [-0.2, 0) is 0 Å². The Labute approximate surface area is 162 Å². The van der Waals surface area contributed by atoms with Gasteiger partial charge in [0.05, 0.1) is 6.10 Å². The fourth-order valence-corrected chi connectivity index (χ4v) is 3.81. The number of guanidine groups is 1. The first-order valence-electron chi connectivity index (χ1n) is 9.04. The quantitative estimate of drug-likeness (QED) is 0.427.